The summed E-state index contributed by atoms with van der Waals surface area (Å²) in [5, 5.41) is 0. The van der Waals surface area contributed by atoms with Crippen LogP contribution in [-0.4, -0.2) is 6.04 Å². The molecular formula is C13H23NO. The molecule has 0 aromatic carbocycles. The van der Waals surface area contributed by atoms with E-state index in [1.54, 1.807) is 6.26 Å². The lowest BCUT2D eigenvalue weighted by atomic mass is 10.0. The molecule has 0 spiro atoms. The molecule has 86 valence electrons. The number of aryl methyl sites for hydroxylation is 1. The van der Waals surface area contributed by atoms with Gasteiger partial charge in [0.05, 0.1) is 6.26 Å². The van der Waals surface area contributed by atoms with Crippen LogP contribution >= 0.6 is 0 Å². The highest BCUT2D eigenvalue weighted by molar-refractivity contribution is 4.98. The van der Waals surface area contributed by atoms with Crippen LogP contribution in [0.15, 0.2) is 22.8 Å². The molecule has 1 aromatic rings. The monoisotopic (exact) mass is 209 g/mol. The zero-order chi connectivity index (χ0) is 11.1. The largest absolute Gasteiger partial charge is 0.469 e. The molecule has 1 heterocycles. The van der Waals surface area contributed by atoms with Crippen LogP contribution in [0.25, 0.3) is 0 Å². The van der Waals surface area contributed by atoms with Gasteiger partial charge >= 0.3 is 0 Å². The summed E-state index contributed by atoms with van der Waals surface area (Å²) in [5.74, 6) is 1.84. The van der Waals surface area contributed by atoms with E-state index in [1.165, 1.54) is 12.8 Å². The maximum Gasteiger partial charge on any atom is 0.103 e. The molecule has 0 radical (unpaired) electrons. The van der Waals surface area contributed by atoms with Crippen LogP contribution < -0.4 is 5.73 Å². The van der Waals surface area contributed by atoms with Crippen LogP contribution in [0.1, 0.15) is 45.3 Å². The third-order valence-electron chi connectivity index (χ3n) is 2.70. The first-order chi connectivity index (χ1) is 7.18. The Bertz CT molecular complexity index is 241. The molecule has 0 fully saturated rings. The highest BCUT2D eigenvalue weighted by Gasteiger charge is 2.05. The maximum absolute atomic E-state index is 6.03. The molecule has 1 atom stereocenters. The maximum atomic E-state index is 6.03. The van der Waals surface area contributed by atoms with Gasteiger partial charge in [0.2, 0.25) is 0 Å². The average Bonchev–Trinajstić information content (AvgIpc) is 2.66. The summed E-state index contributed by atoms with van der Waals surface area (Å²) in [7, 11) is 0. The topological polar surface area (TPSA) is 39.2 Å². The van der Waals surface area contributed by atoms with E-state index in [0.29, 0.717) is 6.04 Å². The Morgan fingerprint density at radius 2 is 2.07 bits per heavy atom. The summed E-state index contributed by atoms with van der Waals surface area (Å²) in [5.41, 5.74) is 6.03. The zero-order valence-electron chi connectivity index (χ0n) is 9.91. The first kappa shape index (κ1) is 12.3. The molecule has 2 heteroatoms. The standard InChI is InChI=1S/C13H23NO/c1-11(2)5-3-6-12(14)8-9-13-7-4-10-15-13/h4,7,10-12H,3,5-6,8-9,14H2,1-2H3. The Hall–Kier alpha value is -0.760. The fraction of sp³-hybridized carbons (Fsp3) is 0.692. The van der Waals surface area contributed by atoms with E-state index in [1.807, 2.05) is 12.1 Å². The molecule has 0 saturated heterocycles. The highest BCUT2D eigenvalue weighted by atomic mass is 16.3. The van der Waals surface area contributed by atoms with Gasteiger partial charge in [-0.3, -0.25) is 0 Å². The number of hydrogen-bond donors (Lipinski definition) is 1. The van der Waals surface area contributed by atoms with Crippen LogP contribution in [0.4, 0.5) is 0 Å². The molecule has 0 amide bonds. The molecule has 0 aliphatic rings. The van der Waals surface area contributed by atoms with Crippen molar-refractivity contribution < 1.29 is 4.42 Å². The molecule has 1 aromatic heterocycles. The first-order valence-electron chi connectivity index (χ1n) is 5.96. The Balaban J connectivity index is 2.06. The number of rotatable bonds is 7. The minimum Gasteiger partial charge on any atom is -0.469 e. The van der Waals surface area contributed by atoms with Gasteiger partial charge in [-0.1, -0.05) is 26.7 Å². The van der Waals surface area contributed by atoms with E-state index >= 15 is 0 Å². The van der Waals surface area contributed by atoms with Crippen molar-refractivity contribution in [1.29, 1.82) is 0 Å². The Morgan fingerprint density at radius 1 is 1.27 bits per heavy atom. The quantitative estimate of drug-likeness (QED) is 0.747. The number of nitrogens with two attached hydrogens (primary N) is 1. The van der Waals surface area contributed by atoms with Crippen LogP contribution in [0.3, 0.4) is 0 Å². The molecule has 0 saturated carbocycles. The van der Waals surface area contributed by atoms with Gasteiger partial charge in [-0.2, -0.15) is 0 Å². The summed E-state index contributed by atoms with van der Waals surface area (Å²) in [6, 6.07) is 4.27. The van der Waals surface area contributed by atoms with Crippen molar-refractivity contribution in [3.63, 3.8) is 0 Å². The molecule has 0 aliphatic carbocycles. The van der Waals surface area contributed by atoms with Gasteiger partial charge in [0.25, 0.3) is 0 Å². The van der Waals surface area contributed by atoms with E-state index < -0.39 is 0 Å². The summed E-state index contributed by atoms with van der Waals surface area (Å²) in [6.07, 6.45) is 7.39. The van der Waals surface area contributed by atoms with Gasteiger partial charge in [0, 0.05) is 12.5 Å². The molecule has 15 heavy (non-hydrogen) atoms. The highest BCUT2D eigenvalue weighted by Crippen LogP contribution is 2.11. The van der Waals surface area contributed by atoms with Crippen molar-refractivity contribution in [3.05, 3.63) is 24.2 Å². The van der Waals surface area contributed by atoms with Gasteiger partial charge in [0.1, 0.15) is 5.76 Å². The summed E-state index contributed by atoms with van der Waals surface area (Å²) < 4.78 is 5.27. The van der Waals surface area contributed by atoms with Crippen molar-refractivity contribution in [2.75, 3.05) is 0 Å². The van der Waals surface area contributed by atoms with Crippen molar-refractivity contribution in [2.45, 2.75) is 52.0 Å². The number of furan rings is 1. The second-order valence-electron chi connectivity index (χ2n) is 4.70. The van der Waals surface area contributed by atoms with Crippen LogP contribution in [0.2, 0.25) is 0 Å². The minimum atomic E-state index is 0.328. The lowest BCUT2D eigenvalue weighted by molar-refractivity contribution is 0.454. The Kier molecular flexibility index (Phi) is 5.48. The molecule has 1 rings (SSSR count). The van der Waals surface area contributed by atoms with E-state index in [4.69, 9.17) is 10.2 Å². The fourth-order valence-electron chi connectivity index (χ4n) is 1.72. The molecule has 0 bridgehead atoms. The average molecular weight is 209 g/mol. The van der Waals surface area contributed by atoms with Gasteiger partial charge in [-0.25, -0.2) is 0 Å². The van der Waals surface area contributed by atoms with Crippen molar-refractivity contribution in [3.8, 4) is 0 Å². The summed E-state index contributed by atoms with van der Waals surface area (Å²) >= 11 is 0. The Morgan fingerprint density at radius 3 is 2.67 bits per heavy atom. The molecular weight excluding hydrogens is 186 g/mol. The van der Waals surface area contributed by atoms with Gasteiger partial charge in [-0.15, -0.1) is 0 Å². The van der Waals surface area contributed by atoms with Gasteiger partial charge in [-0.05, 0) is 30.9 Å². The van der Waals surface area contributed by atoms with E-state index in [9.17, 15) is 0 Å². The summed E-state index contributed by atoms with van der Waals surface area (Å²) in [4.78, 5) is 0. The van der Waals surface area contributed by atoms with Gasteiger partial charge in [0.15, 0.2) is 0 Å². The second-order valence-corrected chi connectivity index (χ2v) is 4.70. The minimum absolute atomic E-state index is 0.328. The van der Waals surface area contributed by atoms with E-state index in [-0.39, 0.29) is 0 Å². The van der Waals surface area contributed by atoms with Crippen molar-refractivity contribution in [1.82, 2.24) is 0 Å². The first-order valence-corrected chi connectivity index (χ1v) is 5.96. The Labute approximate surface area is 92.9 Å². The lowest BCUT2D eigenvalue weighted by Gasteiger charge is -2.11. The van der Waals surface area contributed by atoms with Crippen LogP contribution in [-0.2, 0) is 6.42 Å². The third kappa shape index (κ3) is 5.63. The number of hydrogen-bond acceptors (Lipinski definition) is 2. The zero-order valence-corrected chi connectivity index (χ0v) is 9.91. The fourth-order valence-corrected chi connectivity index (χ4v) is 1.72. The van der Waals surface area contributed by atoms with E-state index in [2.05, 4.69) is 13.8 Å². The molecule has 2 nitrogen and oxygen atoms in total. The predicted molar refractivity (Wildman–Crippen MR) is 63.7 cm³/mol. The second kappa shape index (κ2) is 6.67. The van der Waals surface area contributed by atoms with Crippen molar-refractivity contribution in [2.24, 2.45) is 11.7 Å². The lowest BCUT2D eigenvalue weighted by Crippen LogP contribution is -2.20. The predicted octanol–water partition coefficient (Wildman–Crippen LogP) is 3.37. The SMILES string of the molecule is CC(C)CCCC(N)CCc1ccco1. The van der Waals surface area contributed by atoms with Crippen LogP contribution in [0, 0.1) is 5.92 Å². The van der Waals surface area contributed by atoms with Gasteiger partial charge < -0.3 is 10.2 Å². The van der Waals surface area contributed by atoms with Crippen molar-refractivity contribution >= 4 is 0 Å². The van der Waals surface area contributed by atoms with E-state index in [0.717, 1.165) is 30.9 Å². The third-order valence-corrected chi connectivity index (χ3v) is 2.70. The normalized spacial score (nSPS) is 13.3. The summed E-state index contributed by atoms with van der Waals surface area (Å²) in [6.45, 7) is 4.52. The molecule has 0 aliphatic heterocycles. The smallest absolute Gasteiger partial charge is 0.103 e. The molecule has 1 unspecified atom stereocenters. The van der Waals surface area contributed by atoms with Crippen LogP contribution in [0.5, 0.6) is 0 Å². The molecule has 2 N–H and O–H groups in total.